The predicted molar refractivity (Wildman–Crippen MR) is 122 cm³/mol. The Labute approximate surface area is 186 Å². The van der Waals surface area contributed by atoms with Gasteiger partial charge in [-0.15, -0.1) is 0 Å². The van der Waals surface area contributed by atoms with Crippen LogP contribution in [0.4, 0.5) is 0 Å². The molecule has 0 fully saturated rings. The van der Waals surface area contributed by atoms with E-state index in [2.05, 4.69) is 49.3 Å². The number of hydrogen-bond acceptors (Lipinski definition) is 5. The lowest BCUT2D eigenvalue weighted by atomic mass is 9.97. The maximum Gasteiger partial charge on any atom is 0.338 e. The Kier molecular flexibility index (Phi) is 7.37. The van der Waals surface area contributed by atoms with Gasteiger partial charge in [-0.1, -0.05) is 67.9 Å². The molecule has 0 bridgehead atoms. The van der Waals surface area contributed by atoms with Crippen molar-refractivity contribution in [1.29, 1.82) is 0 Å². The topological polar surface area (TPSA) is 50.7 Å². The molecule has 4 nitrogen and oxygen atoms in total. The highest BCUT2D eigenvalue weighted by molar-refractivity contribution is 9.10. The zero-order valence-electron chi connectivity index (χ0n) is 15.5. The van der Waals surface area contributed by atoms with Crippen molar-refractivity contribution < 1.29 is 9.53 Å². The molecule has 3 rings (SSSR count). The number of aliphatic imine (C=N–C) groups is 1. The number of carbonyl (C=O) groups excluding carboxylic acids is 1. The summed E-state index contributed by atoms with van der Waals surface area (Å²) in [5, 5.41) is 4.06. The first-order chi connectivity index (χ1) is 13.5. The van der Waals surface area contributed by atoms with Crippen molar-refractivity contribution in [3.63, 3.8) is 0 Å². The highest BCUT2D eigenvalue weighted by Crippen LogP contribution is 2.34. The molecular formula is C21H20Br2N2O2S. The summed E-state index contributed by atoms with van der Waals surface area (Å²) in [5.74, 6) is 0.449. The summed E-state index contributed by atoms with van der Waals surface area (Å²) in [6.45, 7) is 4.03. The maximum atomic E-state index is 12.6. The van der Waals surface area contributed by atoms with Gasteiger partial charge in [-0.05, 0) is 49.2 Å². The standard InChI is InChI=1S/C21H20Br2N2O2S/c1-3-27-20(26)18-13(2)24-21(28-12-14-7-9-16(22)10-8-14)25-19(18)15-5-4-6-17(23)11-15/h4-11,19H,3,12H2,1-2H3,(H,24,25)/t19-/m0/s1. The smallest absolute Gasteiger partial charge is 0.338 e. The molecule has 0 saturated carbocycles. The third kappa shape index (κ3) is 5.27. The van der Waals surface area contributed by atoms with Gasteiger partial charge >= 0.3 is 5.97 Å². The average molecular weight is 524 g/mol. The fourth-order valence-corrected chi connectivity index (χ4v) is 4.43. The molecule has 0 radical (unpaired) electrons. The van der Waals surface area contributed by atoms with Crippen molar-refractivity contribution in [2.75, 3.05) is 6.61 Å². The summed E-state index contributed by atoms with van der Waals surface area (Å²) >= 11 is 8.58. The Morgan fingerprint density at radius 2 is 1.93 bits per heavy atom. The zero-order valence-corrected chi connectivity index (χ0v) is 19.5. The third-order valence-electron chi connectivity index (χ3n) is 4.17. The van der Waals surface area contributed by atoms with Gasteiger partial charge in [0.25, 0.3) is 0 Å². The first-order valence-electron chi connectivity index (χ1n) is 8.83. The number of rotatable bonds is 5. The molecule has 1 aliphatic heterocycles. The number of esters is 1. The molecule has 1 heterocycles. The molecule has 28 heavy (non-hydrogen) atoms. The molecule has 0 aliphatic carbocycles. The molecule has 0 aromatic heterocycles. The van der Waals surface area contributed by atoms with Crippen LogP contribution in [-0.2, 0) is 15.3 Å². The summed E-state index contributed by atoms with van der Waals surface area (Å²) in [5.41, 5.74) is 3.47. The SMILES string of the molecule is CCOC(=O)C1=C(C)NC(SCc2ccc(Br)cc2)=N[C@H]1c1cccc(Br)c1. The van der Waals surface area contributed by atoms with Gasteiger partial charge in [0, 0.05) is 20.4 Å². The summed E-state index contributed by atoms with van der Waals surface area (Å²) in [4.78, 5) is 17.4. The number of carbonyl (C=O) groups is 1. The summed E-state index contributed by atoms with van der Waals surface area (Å²) in [6.07, 6.45) is 0. The fourth-order valence-electron chi connectivity index (χ4n) is 2.84. The lowest BCUT2D eigenvalue weighted by Crippen LogP contribution is -2.30. The van der Waals surface area contributed by atoms with E-state index >= 15 is 0 Å². The van der Waals surface area contributed by atoms with E-state index in [4.69, 9.17) is 9.73 Å². The van der Waals surface area contributed by atoms with Crippen LogP contribution in [0.1, 0.15) is 31.0 Å². The minimum Gasteiger partial charge on any atom is -0.463 e. The van der Waals surface area contributed by atoms with Crippen LogP contribution in [-0.4, -0.2) is 17.7 Å². The van der Waals surface area contributed by atoms with Crippen molar-refractivity contribution in [3.05, 3.63) is 79.9 Å². The van der Waals surface area contributed by atoms with Gasteiger partial charge in [0.15, 0.2) is 5.17 Å². The van der Waals surface area contributed by atoms with Gasteiger partial charge < -0.3 is 10.1 Å². The van der Waals surface area contributed by atoms with E-state index < -0.39 is 6.04 Å². The van der Waals surface area contributed by atoms with Crippen molar-refractivity contribution in [1.82, 2.24) is 5.32 Å². The summed E-state index contributed by atoms with van der Waals surface area (Å²) in [6, 6.07) is 15.7. The summed E-state index contributed by atoms with van der Waals surface area (Å²) < 4.78 is 7.29. The van der Waals surface area contributed by atoms with E-state index in [-0.39, 0.29) is 5.97 Å². The van der Waals surface area contributed by atoms with E-state index in [9.17, 15) is 4.79 Å². The minimum absolute atomic E-state index is 0.329. The number of allylic oxidation sites excluding steroid dienone is 1. The fraction of sp³-hybridized carbons (Fsp3) is 0.238. The second-order valence-electron chi connectivity index (χ2n) is 6.19. The molecule has 0 spiro atoms. The monoisotopic (exact) mass is 522 g/mol. The van der Waals surface area contributed by atoms with E-state index in [1.165, 1.54) is 5.56 Å². The third-order valence-corrected chi connectivity index (χ3v) is 6.15. The molecule has 1 atom stereocenters. The van der Waals surface area contributed by atoms with Gasteiger partial charge in [0.1, 0.15) is 6.04 Å². The molecule has 1 N–H and O–H groups in total. The molecule has 1 aliphatic rings. The van der Waals surface area contributed by atoms with Crippen LogP contribution in [0.2, 0.25) is 0 Å². The second-order valence-corrected chi connectivity index (χ2v) is 8.99. The lowest BCUT2D eigenvalue weighted by Gasteiger charge is -2.26. The Hall–Kier alpha value is -1.57. The van der Waals surface area contributed by atoms with Crippen molar-refractivity contribution >= 4 is 54.8 Å². The van der Waals surface area contributed by atoms with Crippen LogP contribution >= 0.6 is 43.6 Å². The van der Waals surface area contributed by atoms with E-state index in [1.807, 2.05) is 43.3 Å². The lowest BCUT2D eigenvalue weighted by molar-refractivity contribution is -0.138. The van der Waals surface area contributed by atoms with Crippen molar-refractivity contribution in [3.8, 4) is 0 Å². The predicted octanol–water partition coefficient (Wildman–Crippen LogP) is 5.98. The highest BCUT2D eigenvalue weighted by Gasteiger charge is 2.30. The maximum absolute atomic E-state index is 12.6. The zero-order chi connectivity index (χ0) is 20.1. The van der Waals surface area contributed by atoms with Crippen LogP contribution in [0.3, 0.4) is 0 Å². The molecule has 0 unspecified atom stereocenters. The van der Waals surface area contributed by atoms with Gasteiger partial charge in [0.05, 0.1) is 12.2 Å². The Morgan fingerprint density at radius 1 is 1.18 bits per heavy atom. The largest absolute Gasteiger partial charge is 0.463 e. The quantitative estimate of drug-likeness (QED) is 0.489. The van der Waals surface area contributed by atoms with Crippen molar-refractivity contribution in [2.45, 2.75) is 25.6 Å². The van der Waals surface area contributed by atoms with Crippen LogP contribution < -0.4 is 5.32 Å². The molecular weight excluding hydrogens is 504 g/mol. The molecule has 2 aromatic carbocycles. The van der Waals surface area contributed by atoms with Gasteiger partial charge in [-0.2, -0.15) is 0 Å². The van der Waals surface area contributed by atoms with Gasteiger partial charge in [-0.25, -0.2) is 9.79 Å². The minimum atomic E-state index is -0.398. The number of amidine groups is 1. The van der Waals surface area contributed by atoms with Crippen LogP contribution in [0.25, 0.3) is 0 Å². The second kappa shape index (κ2) is 9.76. The average Bonchev–Trinajstić information content (AvgIpc) is 2.67. The number of hydrogen-bond donors (Lipinski definition) is 1. The van der Waals surface area contributed by atoms with Crippen LogP contribution in [0.15, 0.2) is 73.7 Å². The van der Waals surface area contributed by atoms with Crippen LogP contribution in [0, 0.1) is 0 Å². The van der Waals surface area contributed by atoms with Crippen LogP contribution in [0.5, 0.6) is 0 Å². The van der Waals surface area contributed by atoms with Gasteiger partial charge in [0.2, 0.25) is 0 Å². The van der Waals surface area contributed by atoms with Gasteiger partial charge in [-0.3, -0.25) is 0 Å². The molecule has 2 aromatic rings. The number of benzene rings is 2. The summed E-state index contributed by atoms with van der Waals surface area (Å²) in [7, 11) is 0. The Balaban J connectivity index is 1.87. The first kappa shape index (κ1) is 21.1. The number of halogens is 2. The first-order valence-corrected chi connectivity index (χ1v) is 11.4. The Morgan fingerprint density at radius 3 is 2.61 bits per heavy atom. The Bertz CT molecular complexity index is 926. The van der Waals surface area contributed by atoms with Crippen molar-refractivity contribution in [2.24, 2.45) is 4.99 Å². The number of ether oxygens (including phenoxy) is 1. The molecule has 0 saturated heterocycles. The van der Waals surface area contributed by atoms with E-state index in [1.54, 1.807) is 18.7 Å². The number of nitrogens with zero attached hydrogens (tertiary/aromatic N) is 1. The molecule has 7 heteroatoms. The molecule has 0 amide bonds. The van der Waals surface area contributed by atoms with E-state index in [0.29, 0.717) is 12.2 Å². The number of thioether (sulfide) groups is 1. The van der Waals surface area contributed by atoms with E-state index in [0.717, 1.165) is 31.1 Å². The molecule has 146 valence electrons. The number of nitrogens with one attached hydrogen (secondary N) is 1. The normalized spacial score (nSPS) is 16.4. The highest BCUT2D eigenvalue weighted by atomic mass is 79.9.